The van der Waals surface area contributed by atoms with Crippen molar-refractivity contribution in [1.29, 1.82) is 0 Å². The number of rotatable bonds is 0. The summed E-state index contributed by atoms with van der Waals surface area (Å²) in [7, 11) is 0. The van der Waals surface area contributed by atoms with Crippen molar-refractivity contribution >= 4 is 10.9 Å². The highest BCUT2D eigenvalue weighted by molar-refractivity contribution is 5.83. The fourth-order valence-corrected chi connectivity index (χ4v) is 1.87. The highest BCUT2D eigenvalue weighted by atomic mass is 19.4. The van der Waals surface area contributed by atoms with Crippen molar-refractivity contribution in [3.05, 3.63) is 29.0 Å². The summed E-state index contributed by atoms with van der Waals surface area (Å²) in [6.45, 7) is 2.92. The number of halogens is 3. The zero-order valence-electron chi connectivity index (χ0n) is 8.24. The predicted octanol–water partition coefficient (Wildman–Crippen LogP) is 3.20. The van der Waals surface area contributed by atoms with E-state index in [1.54, 1.807) is 0 Å². The number of benzene rings is 1. The van der Waals surface area contributed by atoms with Crippen LogP contribution in [0.4, 0.5) is 13.2 Å². The molecule has 0 bridgehead atoms. The molecule has 0 fully saturated rings. The molecule has 80 valence electrons. The SMILES string of the molecule is Cc1cc2cn[nH]c2c(C)c1C(F)(F)F. The molecule has 1 aromatic heterocycles. The van der Waals surface area contributed by atoms with E-state index in [4.69, 9.17) is 0 Å². The molecule has 1 heterocycles. The van der Waals surface area contributed by atoms with Crippen molar-refractivity contribution in [2.24, 2.45) is 0 Å². The van der Waals surface area contributed by atoms with E-state index in [2.05, 4.69) is 10.2 Å². The highest BCUT2D eigenvalue weighted by Gasteiger charge is 2.35. The van der Waals surface area contributed by atoms with E-state index >= 15 is 0 Å². The largest absolute Gasteiger partial charge is 0.416 e. The first-order valence-electron chi connectivity index (χ1n) is 4.41. The van der Waals surface area contributed by atoms with Gasteiger partial charge in [-0.25, -0.2) is 0 Å². The molecule has 15 heavy (non-hydrogen) atoms. The van der Waals surface area contributed by atoms with Crippen LogP contribution in [0.15, 0.2) is 12.3 Å². The van der Waals surface area contributed by atoms with Crippen LogP contribution in [0, 0.1) is 13.8 Å². The van der Waals surface area contributed by atoms with Gasteiger partial charge in [-0.2, -0.15) is 18.3 Å². The zero-order valence-corrected chi connectivity index (χ0v) is 8.24. The van der Waals surface area contributed by atoms with Crippen LogP contribution in [0.1, 0.15) is 16.7 Å². The molecule has 0 amide bonds. The summed E-state index contributed by atoms with van der Waals surface area (Å²) in [6.07, 6.45) is -2.79. The first-order chi connectivity index (χ1) is 6.91. The lowest BCUT2D eigenvalue weighted by Gasteiger charge is -2.13. The Morgan fingerprint density at radius 3 is 2.53 bits per heavy atom. The number of aromatic nitrogens is 2. The second-order valence-corrected chi connectivity index (χ2v) is 3.53. The molecule has 0 atom stereocenters. The van der Waals surface area contributed by atoms with Crippen molar-refractivity contribution in [2.45, 2.75) is 20.0 Å². The molecule has 1 aromatic carbocycles. The van der Waals surface area contributed by atoms with E-state index in [0.717, 1.165) is 0 Å². The number of alkyl halides is 3. The molecule has 1 N–H and O–H groups in total. The van der Waals surface area contributed by atoms with E-state index in [9.17, 15) is 13.2 Å². The molecule has 0 saturated carbocycles. The number of aryl methyl sites for hydroxylation is 2. The van der Waals surface area contributed by atoms with E-state index in [1.165, 1.54) is 26.1 Å². The summed E-state index contributed by atoms with van der Waals surface area (Å²) in [5.74, 6) is 0. The predicted molar refractivity (Wildman–Crippen MR) is 50.6 cm³/mol. The van der Waals surface area contributed by atoms with Crippen LogP contribution in [0.25, 0.3) is 10.9 Å². The van der Waals surface area contributed by atoms with E-state index < -0.39 is 11.7 Å². The monoisotopic (exact) mass is 214 g/mol. The Balaban J connectivity index is 2.84. The van der Waals surface area contributed by atoms with Gasteiger partial charge in [0, 0.05) is 5.39 Å². The number of hydrogen-bond donors (Lipinski definition) is 1. The summed E-state index contributed by atoms with van der Waals surface area (Å²) in [5, 5.41) is 7.02. The Labute approximate surface area is 84.1 Å². The molecule has 2 aromatic rings. The topological polar surface area (TPSA) is 28.7 Å². The maximum atomic E-state index is 12.7. The lowest BCUT2D eigenvalue weighted by Crippen LogP contribution is -2.10. The van der Waals surface area contributed by atoms with Crippen LogP contribution < -0.4 is 0 Å². The Bertz CT molecular complexity index is 511. The van der Waals surface area contributed by atoms with Gasteiger partial charge in [-0.3, -0.25) is 5.10 Å². The van der Waals surface area contributed by atoms with Gasteiger partial charge < -0.3 is 0 Å². The van der Waals surface area contributed by atoms with Crippen LogP contribution in [0.2, 0.25) is 0 Å². The van der Waals surface area contributed by atoms with Gasteiger partial charge in [-0.05, 0) is 31.0 Å². The lowest BCUT2D eigenvalue weighted by molar-refractivity contribution is -0.138. The van der Waals surface area contributed by atoms with Crippen molar-refractivity contribution in [3.63, 3.8) is 0 Å². The van der Waals surface area contributed by atoms with Gasteiger partial charge >= 0.3 is 6.18 Å². The van der Waals surface area contributed by atoms with Crippen molar-refractivity contribution in [2.75, 3.05) is 0 Å². The van der Waals surface area contributed by atoms with Crippen molar-refractivity contribution in [1.82, 2.24) is 10.2 Å². The molecule has 2 rings (SSSR count). The third-order valence-corrected chi connectivity index (χ3v) is 2.47. The van der Waals surface area contributed by atoms with E-state index in [1.807, 2.05) is 0 Å². The summed E-state index contributed by atoms with van der Waals surface area (Å²) in [4.78, 5) is 0. The molecule has 0 saturated heterocycles. The van der Waals surface area contributed by atoms with Gasteiger partial charge in [0.2, 0.25) is 0 Å². The molecule has 0 unspecified atom stereocenters. The second kappa shape index (κ2) is 2.98. The number of nitrogens with one attached hydrogen (secondary N) is 1. The minimum Gasteiger partial charge on any atom is -0.278 e. The van der Waals surface area contributed by atoms with Gasteiger partial charge in [0.25, 0.3) is 0 Å². The Morgan fingerprint density at radius 2 is 1.93 bits per heavy atom. The van der Waals surface area contributed by atoms with Crippen LogP contribution in [0.3, 0.4) is 0 Å². The summed E-state index contributed by atoms with van der Waals surface area (Å²) in [5.41, 5.74) is 0.316. The Kier molecular flexibility index (Phi) is 1.99. The molecular weight excluding hydrogens is 205 g/mol. The van der Waals surface area contributed by atoms with Crippen LogP contribution >= 0.6 is 0 Å². The normalized spacial score (nSPS) is 12.3. The van der Waals surface area contributed by atoms with Gasteiger partial charge in [0.15, 0.2) is 0 Å². The average Bonchev–Trinajstić information content (AvgIpc) is 2.48. The maximum Gasteiger partial charge on any atom is 0.416 e. The van der Waals surface area contributed by atoms with E-state index in [0.29, 0.717) is 10.9 Å². The second-order valence-electron chi connectivity index (χ2n) is 3.53. The van der Waals surface area contributed by atoms with Crippen LogP contribution in [-0.2, 0) is 6.18 Å². The fraction of sp³-hybridized carbons (Fsp3) is 0.300. The smallest absolute Gasteiger partial charge is 0.278 e. The lowest BCUT2D eigenvalue weighted by atomic mass is 9.99. The van der Waals surface area contributed by atoms with Gasteiger partial charge in [0.1, 0.15) is 0 Å². The zero-order chi connectivity index (χ0) is 11.2. The van der Waals surface area contributed by atoms with Gasteiger partial charge in [-0.15, -0.1) is 0 Å². The molecule has 0 radical (unpaired) electrons. The first kappa shape index (κ1) is 10.0. The first-order valence-corrected chi connectivity index (χ1v) is 4.41. The van der Waals surface area contributed by atoms with Crippen molar-refractivity contribution in [3.8, 4) is 0 Å². The molecule has 2 nitrogen and oxygen atoms in total. The average molecular weight is 214 g/mol. The molecule has 5 heteroatoms. The van der Waals surface area contributed by atoms with Crippen LogP contribution in [0.5, 0.6) is 0 Å². The van der Waals surface area contributed by atoms with Gasteiger partial charge in [0.05, 0.1) is 17.3 Å². The number of H-pyrrole nitrogens is 1. The summed E-state index contributed by atoms with van der Waals surface area (Å²) >= 11 is 0. The quantitative estimate of drug-likeness (QED) is 0.716. The number of hydrogen-bond acceptors (Lipinski definition) is 1. The maximum absolute atomic E-state index is 12.7. The fourth-order valence-electron chi connectivity index (χ4n) is 1.87. The molecule has 0 aliphatic rings. The van der Waals surface area contributed by atoms with Gasteiger partial charge in [-0.1, -0.05) is 0 Å². The standard InChI is InChI=1S/C10H9F3N2/c1-5-3-7-4-14-15-9(7)6(2)8(5)10(11,12)13/h3-4H,1-2H3,(H,14,15). The Morgan fingerprint density at radius 1 is 1.27 bits per heavy atom. The third-order valence-electron chi connectivity index (χ3n) is 2.47. The van der Waals surface area contributed by atoms with Crippen LogP contribution in [-0.4, -0.2) is 10.2 Å². The van der Waals surface area contributed by atoms with E-state index in [-0.39, 0.29) is 11.1 Å². The summed E-state index contributed by atoms with van der Waals surface area (Å²) in [6, 6.07) is 1.49. The minimum absolute atomic E-state index is 0.204. The minimum atomic E-state index is -4.31. The molecule has 0 aliphatic carbocycles. The third kappa shape index (κ3) is 1.48. The Hall–Kier alpha value is -1.52. The number of nitrogens with zero attached hydrogens (tertiary/aromatic N) is 1. The molecule has 0 spiro atoms. The number of fused-ring (bicyclic) bond motifs is 1. The van der Waals surface area contributed by atoms with Crippen molar-refractivity contribution < 1.29 is 13.2 Å². The number of aromatic amines is 1. The summed E-state index contributed by atoms with van der Waals surface area (Å²) < 4.78 is 38.1. The highest BCUT2D eigenvalue weighted by Crippen LogP contribution is 2.36. The molecular formula is C10H9F3N2. The molecule has 0 aliphatic heterocycles.